The van der Waals surface area contributed by atoms with Crippen LogP contribution in [-0.2, 0) is 23.7 Å². The Morgan fingerprint density at radius 3 is 2.66 bits per heavy atom. The third-order valence-corrected chi connectivity index (χ3v) is 6.80. The minimum atomic E-state index is -0.530. The highest BCUT2D eigenvalue weighted by molar-refractivity contribution is 5.49. The zero-order valence-corrected chi connectivity index (χ0v) is 18.6. The summed E-state index contributed by atoms with van der Waals surface area (Å²) in [7, 11) is 0. The standard InChI is InChI=1S/C24H40O5/c1-4-11-23(2,3)12-10-22(29-19-7-6-15-26-18-19)20-9-13-24(27-16-17-28-24)21(20)8-5-14-25/h10,14,19-21H,4-9,11-13,15-18H2,1-3H3. The Morgan fingerprint density at radius 1 is 1.21 bits per heavy atom. The SMILES string of the molecule is CCCC(C)(C)CC=C(OC1CCCOC1)C1CCC2(OCCO2)C1CCC=O. The van der Waals surface area contributed by atoms with Gasteiger partial charge in [0.25, 0.3) is 0 Å². The maximum atomic E-state index is 11.1. The fraction of sp³-hybridized carbons (Fsp3) is 0.875. The summed E-state index contributed by atoms with van der Waals surface area (Å²) in [4.78, 5) is 11.1. The van der Waals surface area contributed by atoms with Gasteiger partial charge in [-0.25, -0.2) is 0 Å². The molecular formula is C24H40O5. The van der Waals surface area contributed by atoms with Gasteiger partial charge in [0.05, 0.1) is 25.6 Å². The third kappa shape index (κ3) is 5.83. The highest BCUT2D eigenvalue weighted by Crippen LogP contribution is 2.51. The summed E-state index contributed by atoms with van der Waals surface area (Å²) in [5, 5.41) is 0. The number of rotatable bonds is 10. The largest absolute Gasteiger partial charge is 0.492 e. The average molecular weight is 409 g/mol. The van der Waals surface area contributed by atoms with E-state index in [-0.39, 0.29) is 23.4 Å². The number of hydrogen-bond donors (Lipinski definition) is 0. The van der Waals surface area contributed by atoms with E-state index in [1.165, 1.54) is 12.8 Å². The molecule has 0 amide bonds. The van der Waals surface area contributed by atoms with Crippen LogP contribution < -0.4 is 0 Å². The van der Waals surface area contributed by atoms with Gasteiger partial charge in [-0.1, -0.05) is 27.2 Å². The van der Waals surface area contributed by atoms with E-state index >= 15 is 0 Å². The van der Waals surface area contributed by atoms with Crippen LogP contribution in [0, 0.1) is 17.3 Å². The molecule has 0 aromatic rings. The lowest BCUT2D eigenvalue weighted by atomic mass is 9.82. The number of aldehydes is 1. The Morgan fingerprint density at radius 2 is 2.00 bits per heavy atom. The molecule has 1 saturated carbocycles. The van der Waals surface area contributed by atoms with Crippen LogP contribution in [0.3, 0.4) is 0 Å². The van der Waals surface area contributed by atoms with E-state index in [1.54, 1.807) is 0 Å². The molecule has 3 atom stereocenters. The van der Waals surface area contributed by atoms with E-state index in [4.69, 9.17) is 18.9 Å². The average Bonchev–Trinajstić information content (AvgIpc) is 3.32. The van der Waals surface area contributed by atoms with Crippen molar-refractivity contribution in [3.8, 4) is 0 Å². The first kappa shape index (κ1) is 22.8. The molecule has 2 heterocycles. The molecule has 0 aromatic heterocycles. The number of carbonyl (C=O) groups excluding carboxylic acids is 1. The molecule has 3 fully saturated rings. The van der Waals surface area contributed by atoms with Crippen molar-refractivity contribution >= 4 is 6.29 Å². The van der Waals surface area contributed by atoms with E-state index < -0.39 is 5.79 Å². The summed E-state index contributed by atoms with van der Waals surface area (Å²) in [5.74, 6) is 0.960. The van der Waals surface area contributed by atoms with Crippen molar-refractivity contribution in [1.82, 2.24) is 0 Å². The fourth-order valence-corrected chi connectivity index (χ4v) is 5.33. The van der Waals surface area contributed by atoms with E-state index in [1.807, 2.05) is 0 Å². The van der Waals surface area contributed by atoms with Crippen LogP contribution in [0.4, 0.5) is 0 Å². The molecule has 2 saturated heterocycles. The van der Waals surface area contributed by atoms with Gasteiger partial charge in [0.1, 0.15) is 12.4 Å². The van der Waals surface area contributed by atoms with Crippen LogP contribution in [0.1, 0.15) is 78.6 Å². The van der Waals surface area contributed by atoms with Crippen molar-refractivity contribution in [1.29, 1.82) is 0 Å². The summed E-state index contributed by atoms with van der Waals surface area (Å²) in [5.41, 5.74) is 0.251. The third-order valence-electron chi connectivity index (χ3n) is 6.80. The van der Waals surface area contributed by atoms with Crippen molar-refractivity contribution in [3.63, 3.8) is 0 Å². The van der Waals surface area contributed by atoms with Crippen molar-refractivity contribution in [2.75, 3.05) is 26.4 Å². The summed E-state index contributed by atoms with van der Waals surface area (Å²) in [6.07, 6.45) is 12.1. The molecule has 0 bridgehead atoms. The molecule has 0 aromatic carbocycles. The van der Waals surface area contributed by atoms with Crippen molar-refractivity contribution in [2.45, 2.75) is 90.4 Å². The minimum absolute atomic E-state index is 0.123. The predicted molar refractivity (Wildman–Crippen MR) is 112 cm³/mol. The van der Waals surface area contributed by atoms with Gasteiger partial charge in [-0.2, -0.15) is 0 Å². The smallest absolute Gasteiger partial charge is 0.172 e. The first-order valence-corrected chi connectivity index (χ1v) is 11.7. The topological polar surface area (TPSA) is 54.0 Å². The highest BCUT2D eigenvalue weighted by Gasteiger charge is 2.54. The number of hydrogen-bond acceptors (Lipinski definition) is 5. The van der Waals surface area contributed by atoms with Crippen molar-refractivity contribution in [2.24, 2.45) is 17.3 Å². The van der Waals surface area contributed by atoms with Gasteiger partial charge in [-0.15, -0.1) is 0 Å². The molecule has 0 N–H and O–H groups in total. The maximum absolute atomic E-state index is 11.1. The number of carbonyl (C=O) groups is 1. The van der Waals surface area contributed by atoms with Gasteiger partial charge in [0, 0.05) is 31.3 Å². The molecule has 1 aliphatic carbocycles. The van der Waals surface area contributed by atoms with E-state index in [0.717, 1.165) is 57.2 Å². The van der Waals surface area contributed by atoms with Crippen LogP contribution in [0.5, 0.6) is 0 Å². The first-order valence-electron chi connectivity index (χ1n) is 11.7. The van der Waals surface area contributed by atoms with Crippen LogP contribution >= 0.6 is 0 Å². The van der Waals surface area contributed by atoms with Crippen molar-refractivity contribution in [3.05, 3.63) is 11.8 Å². The summed E-state index contributed by atoms with van der Waals surface area (Å²) < 4.78 is 24.5. The first-order chi connectivity index (χ1) is 14.0. The van der Waals surface area contributed by atoms with Gasteiger partial charge < -0.3 is 23.7 Å². The lowest BCUT2D eigenvalue weighted by molar-refractivity contribution is -0.188. The van der Waals surface area contributed by atoms with Crippen LogP contribution in [0.15, 0.2) is 11.8 Å². The molecule has 5 nitrogen and oxygen atoms in total. The molecule has 5 heteroatoms. The summed E-state index contributed by atoms with van der Waals surface area (Å²) in [6.45, 7) is 9.69. The maximum Gasteiger partial charge on any atom is 0.172 e. The van der Waals surface area contributed by atoms with Gasteiger partial charge in [0.2, 0.25) is 0 Å². The molecule has 3 rings (SSSR count). The van der Waals surface area contributed by atoms with E-state index in [0.29, 0.717) is 26.2 Å². The zero-order valence-electron chi connectivity index (χ0n) is 18.6. The minimum Gasteiger partial charge on any atom is -0.492 e. The number of allylic oxidation sites excluding steroid dienone is 2. The lowest BCUT2D eigenvalue weighted by Crippen LogP contribution is -2.38. The molecule has 3 unspecified atom stereocenters. The number of ether oxygens (including phenoxy) is 4. The van der Waals surface area contributed by atoms with Crippen LogP contribution in [0.25, 0.3) is 0 Å². The molecule has 166 valence electrons. The van der Waals surface area contributed by atoms with Gasteiger partial charge in [-0.3, -0.25) is 0 Å². The molecule has 0 radical (unpaired) electrons. The van der Waals surface area contributed by atoms with Crippen molar-refractivity contribution < 1.29 is 23.7 Å². The Labute approximate surface area is 176 Å². The second-order valence-corrected chi connectivity index (χ2v) is 9.69. The normalized spacial score (nSPS) is 30.0. The molecular weight excluding hydrogens is 368 g/mol. The molecule has 1 spiro atoms. The summed E-state index contributed by atoms with van der Waals surface area (Å²) >= 11 is 0. The molecule has 29 heavy (non-hydrogen) atoms. The van der Waals surface area contributed by atoms with Gasteiger partial charge in [0.15, 0.2) is 5.79 Å². The Hall–Kier alpha value is -0.910. The van der Waals surface area contributed by atoms with Crippen LogP contribution in [-0.4, -0.2) is 44.6 Å². The van der Waals surface area contributed by atoms with Crippen LogP contribution in [0.2, 0.25) is 0 Å². The second-order valence-electron chi connectivity index (χ2n) is 9.69. The molecule has 2 aliphatic heterocycles. The van der Waals surface area contributed by atoms with Gasteiger partial charge in [-0.05, 0) is 50.0 Å². The Kier molecular flexibility index (Phi) is 8.17. The fourth-order valence-electron chi connectivity index (χ4n) is 5.33. The Bertz CT molecular complexity index is 543. The monoisotopic (exact) mass is 408 g/mol. The van der Waals surface area contributed by atoms with Gasteiger partial charge >= 0.3 is 0 Å². The quantitative estimate of drug-likeness (QED) is 0.375. The van der Waals surface area contributed by atoms with E-state index in [2.05, 4.69) is 26.8 Å². The van der Waals surface area contributed by atoms with E-state index in [9.17, 15) is 4.79 Å². The Balaban J connectivity index is 1.81. The lowest BCUT2D eigenvalue weighted by Gasteiger charge is -2.34. The highest BCUT2D eigenvalue weighted by atomic mass is 16.7. The molecule has 3 aliphatic rings. The summed E-state index contributed by atoms with van der Waals surface area (Å²) in [6, 6.07) is 0. The zero-order chi connectivity index (χ0) is 20.7. The second kappa shape index (κ2) is 10.4. The predicted octanol–water partition coefficient (Wildman–Crippen LogP) is 5.03.